The molecule has 1 aromatic carbocycles. The molecule has 3 aliphatic heterocycles. The van der Waals surface area contributed by atoms with E-state index in [0.717, 1.165) is 31.4 Å². The number of carbonyl (C=O) groups excluding carboxylic acids is 3. The second-order valence-electron chi connectivity index (χ2n) is 20.7. The first-order valence-electron chi connectivity index (χ1n) is 24.9. The molecule has 15 nitrogen and oxygen atoms in total. The second kappa shape index (κ2) is 24.0. The Kier molecular flexibility index (Phi) is 19.3. The Balaban J connectivity index is 1.33. The van der Waals surface area contributed by atoms with Gasteiger partial charge in [-0.25, -0.2) is 0 Å². The minimum atomic E-state index is -1.42. The maximum absolute atomic E-state index is 15.1. The molecule has 4 fully saturated rings. The number of hydrogen-bond acceptors (Lipinski definition) is 16. The van der Waals surface area contributed by atoms with Gasteiger partial charge in [0.15, 0.2) is 23.4 Å². The lowest BCUT2D eigenvalue weighted by atomic mass is 9.70. The van der Waals surface area contributed by atoms with E-state index in [0.29, 0.717) is 52.4 Å². The van der Waals surface area contributed by atoms with Gasteiger partial charge >= 0.3 is 11.9 Å². The number of methoxy groups -OCH3 is 2. The van der Waals surface area contributed by atoms with Crippen LogP contribution in [0.3, 0.4) is 0 Å². The number of ketones is 1. The molecule has 3 saturated heterocycles. The number of cyclic esters (lactones) is 1. The Bertz CT molecular complexity index is 2100. The van der Waals surface area contributed by atoms with E-state index >= 15 is 4.79 Å². The summed E-state index contributed by atoms with van der Waals surface area (Å²) in [7, 11) is 6.90. The molecule has 0 radical (unpaired) electrons. The van der Waals surface area contributed by atoms with Crippen molar-refractivity contribution in [2.45, 2.75) is 172 Å². The van der Waals surface area contributed by atoms with Crippen LogP contribution < -0.4 is 14.4 Å². The van der Waals surface area contributed by atoms with Crippen LogP contribution in [0.25, 0.3) is 0 Å². The number of carbonyl (C=O) groups is 3. The fourth-order valence-electron chi connectivity index (χ4n) is 11.4. The van der Waals surface area contributed by atoms with Gasteiger partial charge in [0.1, 0.15) is 23.2 Å². The zero-order valence-electron chi connectivity index (χ0n) is 43.0. The van der Waals surface area contributed by atoms with Gasteiger partial charge < -0.3 is 53.2 Å². The number of pyridine rings is 1. The lowest BCUT2D eigenvalue weighted by Gasteiger charge is -2.48. The summed E-state index contributed by atoms with van der Waals surface area (Å²) in [5, 5.41) is 23.6. The standard InChI is InChI=1S/C52H77Cl2N3O12S/c1-13-41-52(8)42(30(4)43(58)28(2)24-51(7,64-12)47(31(5)44(59)32(6)48(61)67-41)68-50-45(60)38(56(9)10)22-29(3)65-50)46(49(62)69-52)70-21-20-57(27-35-36(53)25-55-26-37(35)54)33-18-19-39(63-11)40(23-33)66-34-16-14-15-17-34/h18-19,23,25-26,28-32,34,38,41-42,44-47,50,59-60H,13-17,20-22,24,27H2,1-12H3/t28-,29-,30?,31+,32-,38+,41-,42?,44+,45-,46?,47-,50+,51-,52-/m1/s1. The highest BCUT2D eigenvalue weighted by Crippen LogP contribution is 2.49. The summed E-state index contributed by atoms with van der Waals surface area (Å²) >= 11 is 14.8. The molecular weight excluding hydrogens is 962 g/mol. The summed E-state index contributed by atoms with van der Waals surface area (Å²) in [5.41, 5.74) is -1.18. The van der Waals surface area contributed by atoms with Crippen LogP contribution >= 0.6 is 35.0 Å². The Morgan fingerprint density at radius 3 is 2.21 bits per heavy atom. The molecule has 2 aromatic rings. The third kappa shape index (κ3) is 12.2. The van der Waals surface area contributed by atoms with Crippen molar-refractivity contribution < 1.29 is 57.8 Å². The predicted molar refractivity (Wildman–Crippen MR) is 271 cm³/mol. The third-order valence-corrected chi connectivity index (χ3v) is 17.5. The monoisotopic (exact) mass is 1040 g/mol. The zero-order chi connectivity index (χ0) is 51.4. The molecule has 15 atom stereocenters. The van der Waals surface area contributed by atoms with Crippen molar-refractivity contribution in [3.8, 4) is 11.5 Å². The van der Waals surface area contributed by atoms with E-state index < -0.39 is 88.7 Å². The number of thioether (sulfide) groups is 1. The van der Waals surface area contributed by atoms with Crippen molar-refractivity contribution in [1.82, 2.24) is 9.88 Å². The van der Waals surface area contributed by atoms with Crippen molar-refractivity contribution in [1.29, 1.82) is 0 Å². The maximum atomic E-state index is 15.1. The summed E-state index contributed by atoms with van der Waals surface area (Å²) in [6.45, 7) is 15.0. The normalized spacial score (nSPS) is 35.8. The first kappa shape index (κ1) is 56.4. The average molecular weight is 1040 g/mol. The second-order valence-corrected chi connectivity index (χ2v) is 22.8. The molecule has 0 amide bonds. The van der Waals surface area contributed by atoms with Gasteiger partial charge in [-0.1, -0.05) is 50.9 Å². The molecule has 1 saturated carbocycles. The number of aliphatic hydroxyl groups is 2. The SMILES string of the molecule is CC[C@H]1OC(=O)[C@H](C)[C@@H](O)[C@H](C)[C@@H](O[C@@H]2O[C@H](C)C[C@H](N(C)C)[C@H]2O)[C@](C)(OC)C[C@@H](C)C(=O)C(C)C2C(SCCN(Cc3c(Cl)cncc3Cl)c3ccc(OC)c(OC4CCCC4)c3)C(=O)O[C@@]21C. The fourth-order valence-corrected chi connectivity index (χ4v) is 13.4. The molecule has 4 aliphatic rings. The molecule has 0 bridgehead atoms. The molecule has 3 unspecified atom stereocenters. The first-order valence-corrected chi connectivity index (χ1v) is 26.7. The summed E-state index contributed by atoms with van der Waals surface area (Å²) < 4.78 is 44.1. The number of halogens is 2. The summed E-state index contributed by atoms with van der Waals surface area (Å²) in [6.07, 6.45) is 2.61. The molecule has 392 valence electrons. The van der Waals surface area contributed by atoms with Gasteiger partial charge in [-0.2, -0.15) is 0 Å². The molecule has 70 heavy (non-hydrogen) atoms. The van der Waals surface area contributed by atoms with Crippen LogP contribution in [0.5, 0.6) is 11.5 Å². The molecule has 6 rings (SSSR count). The Morgan fingerprint density at radius 2 is 1.60 bits per heavy atom. The van der Waals surface area contributed by atoms with E-state index in [1.165, 1.54) is 18.9 Å². The van der Waals surface area contributed by atoms with Crippen molar-refractivity contribution in [2.24, 2.45) is 29.6 Å². The number of Topliss-reactive ketones (excluding diaryl/α,β-unsaturated/α-hetero) is 1. The molecule has 2 N–H and O–H groups in total. The van der Waals surface area contributed by atoms with Gasteiger partial charge in [0, 0.05) is 85.4 Å². The summed E-state index contributed by atoms with van der Waals surface area (Å²) in [6, 6.07) is 5.50. The Hall–Kier alpha value is -2.93. The minimum Gasteiger partial charge on any atom is -0.493 e. The number of aliphatic hydroxyl groups excluding tert-OH is 2. The Labute approximate surface area is 429 Å². The average Bonchev–Trinajstić information content (AvgIpc) is 3.93. The fraction of sp³-hybridized carbons (Fsp3) is 0.731. The maximum Gasteiger partial charge on any atom is 0.320 e. The lowest BCUT2D eigenvalue weighted by Crippen LogP contribution is -2.60. The summed E-state index contributed by atoms with van der Waals surface area (Å²) in [4.78, 5) is 52.0. The number of hydrogen-bond donors (Lipinski definition) is 2. The molecule has 18 heteroatoms. The van der Waals surface area contributed by atoms with E-state index in [2.05, 4.69) is 9.88 Å². The molecule has 1 aliphatic carbocycles. The smallest absolute Gasteiger partial charge is 0.320 e. The number of benzene rings is 1. The van der Waals surface area contributed by atoms with E-state index in [-0.39, 0.29) is 36.9 Å². The van der Waals surface area contributed by atoms with Crippen LogP contribution in [-0.2, 0) is 44.6 Å². The van der Waals surface area contributed by atoms with Gasteiger partial charge in [-0.3, -0.25) is 19.4 Å². The largest absolute Gasteiger partial charge is 0.493 e. The lowest BCUT2D eigenvalue weighted by molar-refractivity contribution is -0.301. The van der Waals surface area contributed by atoms with Crippen molar-refractivity contribution in [2.75, 3.05) is 45.5 Å². The van der Waals surface area contributed by atoms with Crippen molar-refractivity contribution in [3.05, 3.63) is 46.2 Å². The topological polar surface area (TPSA) is 176 Å². The minimum absolute atomic E-state index is 0.0819. The predicted octanol–water partition coefficient (Wildman–Crippen LogP) is 8.17. The number of anilines is 1. The van der Waals surface area contributed by atoms with Gasteiger partial charge in [-0.15, -0.1) is 11.8 Å². The molecular formula is C52H77Cl2N3O12S. The van der Waals surface area contributed by atoms with Gasteiger partial charge in [0.05, 0.1) is 53.1 Å². The highest BCUT2D eigenvalue weighted by molar-refractivity contribution is 8.00. The van der Waals surface area contributed by atoms with E-state index in [9.17, 15) is 19.8 Å². The zero-order valence-corrected chi connectivity index (χ0v) is 45.4. The van der Waals surface area contributed by atoms with Crippen LogP contribution in [0.2, 0.25) is 10.0 Å². The summed E-state index contributed by atoms with van der Waals surface area (Å²) in [5.74, 6) is -3.75. The van der Waals surface area contributed by atoms with Crippen LogP contribution in [0.4, 0.5) is 5.69 Å². The molecule has 1 aromatic heterocycles. The number of nitrogens with zero attached hydrogens (tertiary/aromatic N) is 3. The van der Waals surface area contributed by atoms with E-state index in [1.54, 1.807) is 40.3 Å². The van der Waals surface area contributed by atoms with Crippen LogP contribution in [0.15, 0.2) is 30.6 Å². The van der Waals surface area contributed by atoms with Gasteiger partial charge in [0.2, 0.25) is 0 Å². The van der Waals surface area contributed by atoms with Gasteiger partial charge in [-0.05, 0) is 98.9 Å². The number of esters is 2. The van der Waals surface area contributed by atoms with Crippen LogP contribution in [-0.4, -0.2) is 144 Å². The quantitative estimate of drug-likeness (QED) is 0.163. The van der Waals surface area contributed by atoms with E-state index in [4.69, 9.17) is 56.4 Å². The van der Waals surface area contributed by atoms with Crippen LogP contribution in [0.1, 0.15) is 106 Å². The number of ether oxygens (including phenoxy) is 7. The van der Waals surface area contributed by atoms with Crippen molar-refractivity contribution >= 4 is 58.4 Å². The number of rotatable bonds is 15. The van der Waals surface area contributed by atoms with E-state index in [1.807, 2.05) is 71.8 Å². The third-order valence-electron chi connectivity index (χ3n) is 15.6. The van der Waals surface area contributed by atoms with Gasteiger partial charge in [0.25, 0.3) is 0 Å². The molecule has 0 spiro atoms. The first-order chi connectivity index (χ1) is 33.1. The van der Waals surface area contributed by atoms with Crippen LogP contribution in [0, 0.1) is 29.6 Å². The highest BCUT2D eigenvalue weighted by atomic mass is 35.5. The number of fused-ring (bicyclic) bond motifs is 1. The van der Waals surface area contributed by atoms with Crippen molar-refractivity contribution in [3.63, 3.8) is 0 Å². The number of aromatic nitrogens is 1. The Morgan fingerprint density at radius 1 is 0.929 bits per heavy atom. The number of likely N-dealkylation sites (N-methyl/N-ethyl adjacent to an activating group) is 1. The molecule has 4 heterocycles. The highest BCUT2D eigenvalue weighted by Gasteiger charge is 2.61.